The van der Waals surface area contributed by atoms with Crippen LogP contribution in [0.1, 0.15) is 9.67 Å². The lowest BCUT2D eigenvalue weighted by atomic mass is 10.3. The second-order valence-electron chi connectivity index (χ2n) is 4.43. The number of thiophene rings is 1. The first-order valence-corrected chi connectivity index (χ1v) is 8.20. The predicted molar refractivity (Wildman–Crippen MR) is 87.9 cm³/mol. The third kappa shape index (κ3) is 2.21. The van der Waals surface area contributed by atoms with E-state index in [2.05, 4.69) is 10.3 Å². The molecular formula is C14H8ClN3OS2. The van der Waals surface area contributed by atoms with Crippen LogP contribution in [0.25, 0.3) is 15.3 Å². The van der Waals surface area contributed by atoms with Gasteiger partial charge in [0.2, 0.25) is 0 Å². The molecule has 21 heavy (non-hydrogen) atoms. The fourth-order valence-electron chi connectivity index (χ4n) is 2.09. The molecule has 3 aromatic heterocycles. The summed E-state index contributed by atoms with van der Waals surface area (Å²) in [5.74, 6) is -0.135. The Balaban J connectivity index is 1.66. The van der Waals surface area contributed by atoms with Crippen LogP contribution in [0.2, 0.25) is 5.02 Å². The van der Waals surface area contributed by atoms with Crippen molar-refractivity contribution in [3.8, 4) is 0 Å². The van der Waals surface area contributed by atoms with Crippen LogP contribution in [-0.2, 0) is 0 Å². The Hall–Kier alpha value is -1.89. The molecule has 0 atom stereocenters. The summed E-state index contributed by atoms with van der Waals surface area (Å²) in [5, 5.41) is 5.48. The normalized spacial score (nSPS) is 11.3. The van der Waals surface area contributed by atoms with Gasteiger partial charge in [-0.15, -0.1) is 22.7 Å². The van der Waals surface area contributed by atoms with Crippen LogP contribution in [0, 0.1) is 0 Å². The van der Waals surface area contributed by atoms with Crippen LogP contribution in [0.15, 0.2) is 41.9 Å². The number of anilines is 1. The molecule has 0 fully saturated rings. The van der Waals surface area contributed by atoms with Gasteiger partial charge in [0.05, 0.1) is 10.4 Å². The molecule has 3 heterocycles. The van der Waals surface area contributed by atoms with E-state index in [1.54, 1.807) is 35.6 Å². The fourth-order valence-corrected chi connectivity index (χ4v) is 3.91. The fraction of sp³-hybridized carbons (Fsp3) is 0. The number of hydrogen-bond acceptors (Lipinski definition) is 4. The first kappa shape index (κ1) is 12.8. The van der Waals surface area contributed by atoms with Gasteiger partial charge < -0.3 is 5.32 Å². The van der Waals surface area contributed by atoms with Crippen molar-refractivity contribution in [3.05, 3.63) is 51.8 Å². The van der Waals surface area contributed by atoms with Crippen molar-refractivity contribution in [1.29, 1.82) is 0 Å². The SMILES string of the molecule is O=C(Nc1ccc(Cl)cc1)c1cc2c(nc3sccn32)s1. The standard InChI is InChI=1S/C14H8ClN3OS2/c15-8-1-3-9(4-2-8)16-12(19)11-7-10-13(21-11)17-14-18(10)5-6-20-14/h1-7H,(H,16,19). The summed E-state index contributed by atoms with van der Waals surface area (Å²) in [5.41, 5.74) is 1.69. The summed E-state index contributed by atoms with van der Waals surface area (Å²) in [6.07, 6.45) is 1.96. The van der Waals surface area contributed by atoms with Crippen LogP contribution in [0.3, 0.4) is 0 Å². The highest BCUT2D eigenvalue weighted by Gasteiger charge is 2.15. The second kappa shape index (κ2) is 4.84. The number of benzene rings is 1. The first-order valence-electron chi connectivity index (χ1n) is 6.13. The molecule has 1 N–H and O–H groups in total. The lowest BCUT2D eigenvalue weighted by Crippen LogP contribution is -2.09. The average Bonchev–Trinajstić information content (AvgIpc) is 3.12. The number of thiazole rings is 1. The zero-order valence-corrected chi connectivity index (χ0v) is 12.9. The summed E-state index contributed by atoms with van der Waals surface area (Å²) in [7, 11) is 0. The number of nitrogens with one attached hydrogen (secondary N) is 1. The highest BCUT2D eigenvalue weighted by molar-refractivity contribution is 7.21. The topological polar surface area (TPSA) is 46.4 Å². The van der Waals surface area contributed by atoms with Crippen LogP contribution in [0.5, 0.6) is 0 Å². The Morgan fingerprint density at radius 3 is 2.90 bits per heavy atom. The number of halogens is 1. The summed E-state index contributed by atoms with van der Waals surface area (Å²) in [6, 6.07) is 8.91. The van der Waals surface area contributed by atoms with Crippen LogP contribution in [0.4, 0.5) is 5.69 Å². The van der Waals surface area contributed by atoms with Crippen LogP contribution < -0.4 is 5.32 Å². The largest absolute Gasteiger partial charge is 0.321 e. The molecule has 0 aliphatic rings. The Labute approximate surface area is 132 Å². The van der Waals surface area contributed by atoms with Gasteiger partial charge in [0, 0.05) is 22.3 Å². The van der Waals surface area contributed by atoms with E-state index >= 15 is 0 Å². The molecule has 0 aliphatic heterocycles. The zero-order valence-electron chi connectivity index (χ0n) is 10.5. The summed E-state index contributed by atoms with van der Waals surface area (Å²) >= 11 is 8.80. The van der Waals surface area contributed by atoms with E-state index in [1.807, 2.05) is 22.0 Å². The molecular weight excluding hydrogens is 326 g/mol. The Bertz CT molecular complexity index is 952. The maximum Gasteiger partial charge on any atom is 0.265 e. The van der Waals surface area contributed by atoms with E-state index in [9.17, 15) is 4.79 Å². The van der Waals surface area contributed by atoms with Gasteiger partial charge >= 0.3 is 0 Å². The Morgan fingerprint density at radius 2 is 2.10 bits per heavy atom. The number of amides is 1. The Kier molecular flexibility index (Phi) is 2.95. The number of nitrogens with zero attached hydrogens (tertiary/aromatic N) is 2. The third-order valence-electron chi connectivity index (χ3n) is 3.07. The quantitative estimate of drug-likeness (QED) is 0.586. The minimum atomic E-state index is -0.135. The molecule has 4 aromatic rings. The molecule has 4 rings (SSSR count). The number of aromatic nitrogens is 2. The second-order valence-corrected chi connectivity index (χ2v) is 6.77. The maximum absolute atomic E-state index is 12.3. The maximum atomic E-state index is 12.3. The monoisotopic (exact) mass is 333 g/mol. The zero-order chi connectivity index (χ0) is 14.4. The lowest BCUT2D eigenvalue weighted by molar-refractivity contribution is 0.103. The molecule has 0 spiro atoms. The first-order chi connectivity index (χ1) is 10.2. The molecule has 0 bridgehead atoms. The van der Waals surface area contributed by atoms with Crippen molar-refractivity contribution in [2.24, 2.45) is 0 Å². The Morgan fingerprint density at radius 1 is 1.29 bits per heavy atom. The van der Waals surface area contributed by atoms with Gasteiger partial charge in [-0.2, -0.15) is 0 Å². The van der Waals surface area contributed by atoms with Crippen molar-refractivity contribution in [1.82, 2.24) is 9.38 Å². The van der Waals surface area contributed by atoms with Crippen molar-refractivity contribution in [2.75, 3.05) is 5.32 Å². The molecule has 0 saturated carbocycles. The number of carbonyl (C=O) groups is 1. The van der Waals surface area contributed by atoms with Gasteiger partial charge in [0.25, 0.3) is 5.91 Å². The van der Waals surface area contributed by atoms with Crippen molar-refractivity contribution < 1.29 is 4.79 Å². The van der Waals surface area contributed by atoms with E-state index in [0.29, 0.717) is 9.90 Å². The molecule has 7 heteroatoms. The van der Waals surface area contributed by atoms with Gasteiger partial charge in [-0.1, -0.05) is 11.6 Å². The lowest BCUT2D eigenvalue weighted by Gasteiger charge is -2.02. The van der Waals surface area contributed by atoms with Gasteiger partial charge in [-0.05, 0) is 30.3 Å². The highest BCUT2D eigenvalue weighted by atomic mass is 35.5. The smallest absolute Gasteiger partial charge is 0.265 e. The van der Waals surface area contributed by atoms with E-state index in [4.69, 9.17) is 11.6 Å². The van der Waals surface area contributed by atoms with Crippen molar-refractivity contribution in [3.63, 3.8) is 0 Å². The molecule has 1 aromatic carbocycles. The van der Waals surface area contributed by atoms with Crippen LogP contribution in [-0.4, -0.2) is 15.3 Å². The van der Waals surface area contributed by atoms with Gasteiger partial charge in [0.1, 0.15) is 4.83 Å². The number of hydrogen-bond donors (Lipinski definition) is 1. The molecule has 0 aliphatic carbocycles. The molecule has 1 amide bonds. The molecule has 0 unspecified atom stereocenters. The summed E-state index contributed by atoms with van der Waals surface area (Å²) in [4.78, 5) is 19.2. The van der Waals surface area contributed by atoms with E-state index in [-0.39, 0.29) is 5.91 Å². The van der Waals surface area contributed by atoms with Gasteiger partial charge in [-0.25, -0.2) is 4.98 Å². The minimum absolute atomic E-state index is 0.135. The summed E-state index contributed by atoms with van der Waals surface area (Å²) in [6.45, 7) is 0. The molecule has 104 valence electrons. The number of rotatable bonds is 2. The molecule has 4 nitrogen and oxygen atoms in total. The number of carbonyl (C=O) groups excluding carboxylic acids is 1. The van der Waals surface area contributed by atoms with E-state index in [0.717, 1.165) is 21.0 Å². The molecule has 0 radical (unpaired) electrons. The minimum Gasteiger partial charge on any atom is -0.321 e. The van der Waals surface area contributed by atoms with Gasteiger partial charge in [-0.3, -0.25) is 9.20 Å². The number of fused-ring (bicyclic) bond motifs is 3. The van der Waals surface area contributed by atoms with E-state index < -0.39 is 0 Å². The van der Waals surface area contributed by atoms with Crippen molar-refractivity contribution >= 4 is 61.2 Å². The predicted octanol–water partition coefficient (Wildman–Crippen LogP) is 4.52. The summed E-state index contributed by atoms with van der Waals surface area (Å²) < 4.78 is 2.00. The number of imidazole rings is 1. The molecule has 0 saturated heterocycles. The highest BCUT2D eigenvalue weighted by Crippen LogP contribution is 2.28. The van der Waals surface area contributed by atoms with Crippen molar-refractivity contribution in [2.45, 2.75) is 0 Å². The average molecular weight is 334 g/mol. The third-order valence-corrected chi connectivity index (χ3v) is 5.09. The van der Waals surface area contributed by atoms with E-state index in [1.165, 1.54) is 11.3 Å². The van der Waals surface area contributed by atoms with Crippen LogP contribution >= 0.6 is 34.3 Å². The van der Waals surface area contributed by atoms with Gasteiger partial charge in [0.15, 0.2) is 4.96 Å².